The molecule has 0 fully saturated rings. The monoisotopic (exact) mass is 323 g/mol. The average Bonchev–Trinajstić information content (AvgIpc) is 2.82. The van der Waals surface area contributed by atoms with Gasteiger partial charge in [-0.15, -0.1) is 0 Å². The first-order valence-corrected chi connectivity index (χ1v) is 7.32. The Hall–Kier alpha value is -3.22. The van der Waals surface area contributed by atoms with Gasteiger partial charge in [0, 0.05) is 42.7 Å². The molecule has 0 aliphatic carbocycles. The van der Waals surface area contributed by atoms with Crippen LogP contribution in [0.15, 0.2) is 43.4 Å². The maximum absolute atomic E-state index is 12.8. The van der Waals surface area contributed by atoms with E-state index in [1.807, 2.05) is 0 Å². The van der Waals surface area contributed by atoms with E-state index >= 15 is 0 Å². The largest absolute Gasteiger partial charge is 0.313 e. The normalized spacial score (nSPS) is 11.8. The molecule has 0 saturated heterocycles. The standard InChI is InChI=1S/C17H13N3O4/c1-18(2)20-16(23)10-6-7-11(17(20)24)13-9-5-4-8(12(10)13)14(21)19(3)15(9)22/h4-7H,1-3H3. The van der Waals surface area contributed by atoms with E-state index in [2.05, 4.69) is 0 Å². The van der Waals surface area contributed by atoms with Crippen LogP contribution in [0.2, 0.25) is 0 Å². The molecule has 2 aromatic carbocycles. The lowest BCUT2D eigenvalue weighted by atomic mass is 10.00. The highest BCUT2D eigenvalue weighted by molar-refractivity contribution is 6.22. The van der Waals surface area contributed by atoms with Crippen LogP contribution >= 0.6 is 0 Å². The van der Waals surface area contributed by atoms with Gasteiger partial charge in [-0.25, -0.2) is 0 Å². The molecule has 24 heavy (non-hydrogen) atoms. The SMILES string of the molecule is CN(C)n1c(=O)c2ccc(c1=O)c1c3ccc(c(=O)n(C)c3=O)c21. The lowest BCUT2D eigenvalue weighted by Crippen LogP contribution is -2.43. The molecule has 0 unspecified atom stereocenters. The smallest absolute Gasteiger partial charge is 0.280 e. The second-order valence-electron chi connectivity index (χ2n) is 6.01. The van der Waals surface area contributed by atoms with Crippen molar-refractivity contribution in [2.45, 2.75) is 0 Å². The Balaban J connectivity index is 2.62. The number of nitrogens with zero attached hydrogens (tertiary/aromatic N) is 3. The van der Waals surface area contributed by atoms with Gasteiger partial charge in [-0.2, -0.15) is 4.68 Å². The summed E-state index contributed by atoms with van der Waals surface area (Å²) in [5.74, 6) is 0. The minimum atomic E-state index is -0.516. The molecule has 0 N–H and O–H groups in total. The fourth-order valence-corrected chi connectivity index (χ4v) is 3.35. The van der Waals surface area contributed by atoms with Crippen molar-refractivity contribution in [1.29, 1.82) is 0 Å². The molecule has 7 heteroatoms. The van der Waals surface area contributed by atoms with Crippen molar-refractivity contribution in [3.8, 4) is 0 Å². The molecule has 0 saturated carbocycles. The van der Waals surface area contributed by atoms with E-state index in [1.54, 1.807) is 14.1 Å². The molecule has 120 valence electrons. The maximum Gasteiger partial charge on any atom is 0.280 e. The first kappa shape index (κ1) is 14.4. The molecular weight excluding hydrogens is 310 g/mol. The minimum Gasteiger partial charge on any atom is -0.313 e. The van der Waals surface area contributed by atoms with Crippen LogP contribution in [0.1, 0.15) is 0 Å². The molecular formula is C17H13N3O4. The van der Waals surface area contributed by atoms with Gasteiger partial charge in [0.05, 0.1) is 10.8 Å². The van der Waals surface area contributed by atoms with Crippen molar-refractivity contribution >= 4 is 32.3 Å². The first-order valence-electron chi connectivity index (χ1n) is 7.32. The second kappa shape index (κ2) is 4.41. The summed E-state index contributed by atoms with van der Waals surface area (Å²) >= 11 is 0. The fourth-order valence-electron chi connectivity index (χ4n) is 3.35. The summed E-state index contributed by atoms with van der Waals surface area (Å²) in [6.45, 7) is 0. The van der Waals surface area contributed by atoms with Crippen LogP contribution in [-0.4, -0.2) is 23.3 Å². The third-order valence-corrected chi connectivity index (χ3v) is 4.48. The van der Waals surface area contributed by atoms with Crippen molar-refractivity contribution in [2.75, 3.05) is 19.1 Å². The Labute approximate surface area is 134 Å². The summed E-state index contributed by atoms with van der Waals surface area (Å²) in [4.78, 5) is 50.8. The highest BCUT2D eigenvalue weighted by Gasteiger charge is 2.20. The second-order valence-corrected chi connectivity index (χ2v) is 6.01. The third-order valence-electron chi connectivity index (χ3n) is 4.48. The number of fused-ring (bicyclic) bond motifs is 6. The molecule has 0 amide bonds. The van der Waals surface area contributed by atoms with E-state index in [-0.39, 0.29) is 21.5 Å². The van der Waals surface area contributed by atoms with Crippen molar-refractivity contribution in [2.24, 2.45) is 7.05 Å². The van der Waals surface area contributed by atoms with Crippen LogP contribution in [0, 0.1) is 0 Å². The van der Waals surface area contributed by atoms with E-state index in [4.69, 9.17) is 0 Å². The summed E-state index contributed by atoms with van der Waals surface area (Å²) in [6, 6.07) is 6.16. The first-order chi connectivity index (χ1) is 11.3. The van der Waals surface area contributed by atoms with Gasteiger partial charge in [-0.05, 0) is 24.3 Å². The molecule has 7 nitrogen and oxygen atoms in total. The number of aromatic nitrogens is 2. The van der Waals surface area contributed by atoms with Gasteiger partial charge in [-0.3, -0.25) is 23.7 Å². The Bertz CT molecular complexity index is 1270. The quantitative estimate of drug-likeness (QED) is 0.485. The van der Waals surface area contributed by atoms with Crippen LogP contribution < -0.4 is 27.2 Å². The van der Waals surface area contributed by atoms with Gasteiger partial charge in [0.15, 0.2) is 0 Å². The van der Waals surface area contributed by atoms with E-state index in [9.17, 15) is 19.2 Å². The van der Waals surface area contributed by atoms with E-state index < -0.39 is 22.2 Å². The predicted molar refractivity (Wildman–Crippen MR) is 93.4 cm³/mol. The van der Waals surface area contributed by atoms with Crippen LogP contribution in [0.5, 0.6) is 0 Å². The Morgan fingerprint density at radius 1 is 0.667 bits per heavy atom. The van der Waals surface area contributed by atoms with Crippen LogP contribution in [0.25, 0.3) is 32.3 Å². The average molecular weight is 323 g/mol. The molecule has 6 aromatic rings. The summed E-state index contributed by atoms with van der Waals surface area (Å²) in [5, 5.41) is 3.11. The Morgan fingerprint density at radius 2 is 1.00 bits per heavy atom. The predicted octanol–water partition coefficient (Wildman–Crippen LogP) is -0.200. The van der Waals surface area contributed by atoms with Gasteiger partial charge in [0.2, 0.25) is 0 Å². The summed E-state index contributed by atoms with van der Waals surface area (Å²) in [5.41, 5.74) is -2.00. The van der Waals surface area contributed by atoms with Gasteiger partial charge in [-0.1, -0.05) is 0 Å². The van der Waals surface area contributed by atoms with E-state index in [0.717, 1.165) is 9.24 Å². The highest BCUT2D eigenvalue weighted by atomic mass is 16.2. The molecule has 0 radical (unpaired) electrons. The maximum atomic E-state index is 12.8. The zero-order chi connectivity index (χ0) is 17.3. The number of benzene rings is 2. The van der Waals surface area contributed by atoms with Crippen LogP contribution in [0.3, 0.4) is 0 Å². The molecule has 0 aliphatic heterocycles. The molecule has 6 rings (SSSR count). The van der Waals surface area contributed by atoms with Crippen LogP contribution in [-0.2, 0) is 7.05 Å². The van der Waals surface area contributed by atoms with Gasteiger partial charge >= 0.3 is 0 Å². The Morgan fingerprint density at radius 3 is 1.33 bits per heavy atom. The van der Waals surface area contributed by atoms with E-state index in [0.29, 0.717) is 10.8 Å². The van der Waals surface area contributed by atoms with Crippen molar-refractivity contribution in [1.82, 2.24) is 9.24 Å². The summed E-state index contributed by atoms with van der Waals surface area (Å²) in [7, 11) is 4.57. The molecule has 4 heterocycles. The lowest BCUT2D eigenvalue weighted by molar-refractivity contribution is 0.689. The number of hydrogen-bond acceptors (Lipinski definition) is 5. The van der Waals surface area contributed by atoms with Crippen molar-refractivity contribution < 1.29 is 0 Å². The molecule has 0 spiro atoms. The summed E-state index contributed by atoms with van der Waals surface area (Å²) in [6.07, 6.45) is 0. The van der Waals surface area contributed by atoms with E-state index in [1.165, 1.54) is 36.3 Å². The number of rotatable bonds is 1. The van der Waals surface area contributed by atoms with Crippen molar-refractivity contribution in [3.63, 3.8) is 0 Å². The topological polar surface area (TPSA) is 81.4 Å². The van der Waals surface area contributed by atoms with Crippen LogP contribution in [0.4, 0.5) is 0 Å². The molecule has 4 bridgehead atoms. The van der Waals surface area contributed by atoms with Gasteiger partial charge < -0.3 is 5.01 Å². The molecule has 4 aromatic heterocycles. The zero-order valence-corrected chi connectivity index (χ0v) is 13.3. The summed E-state index contributed by atoms with van der Waals surface area (Å²) < 4.78 is 2.02. The lowest BCUT2D eigenvalue weighted by Gasteiger charge is -2.11. The molecule has 0 atom stereocenters. The van der Waals surface area contributed by atoms with Crippen molar-refractivity contribution in [3.05, 3.63) is 65.7 Å². The van der Waals surface area contributed by atoms with Gasteiger partial charge in [0.1, 0.15) is 0 Å². The fraction of sp³-hybridized carbons (Fsp3) is 0.176. The molecule has 0 aliphatic rings. The number of hydrogen-bond donors (Lipinski definition) is 0. The minimum absolute atomic E-state index is 0.238. The third kappa shape index (κ3) is 1.51. The highest BCUT2D eigenvalue weighted by Crippen LogP contribution is 2.28. The zero-order valence-electron chi connectivity index (χ0n) is 13.3. The Kier molecular flexibility index (Phi) is 2.64. The van der Waals surface area contributed by atoms with Gasteiger partial charge in [0.25, 0.3) is 22.2 Å².